The van der Waals surface area contributed by atoms with Gasteiger partial charge in [0.15, 0.2) is 6.10 Å². The number of hydrogen-bond donors (Lipinski definition) is 1. The highest BCUT2D eigenvalue weighted by Gasteiger charge is 2.18. The van der Waals surface area contributed by atoms with E-state index in [0.717, 1.165) is 11.1 Å². The van der Waals surface area contributed by atoms with Crippen LogP contribution in [-0.2, 0) is 11.3 Å². The maximum Gasteiger partial charge on any atom is 0.261 e. The fraction of sp³-hybridized carbons (Fsp3) is 0.278. The van der Waals surface area contributed by atoms with Crippen LogP contribution in [0.4, 0.5) is 0 Å². The van der Waals surface area contributed by atoms with Gasteiger partial charge in [-0.25, -0.2) is 0 Å². The van der Waals surface area contributed by atoms with Gasteiger partial charge in [0.2, 0.25) is 0 Å². The third-order valence-electron chi connectivity index (χ3n) is 3.34. The SMILES string of the molecule is CCC(Oc1cccc(C)c1)C(=O)NCc1ccccc1Cl. The molecule has 2 aromatic rings. The molecule has 0 aliphatic carbocycles. The molecule has 0 heterocycles. The van der Waals surface area contributed by atoms with Crippen molar-refractivity contribution in [3.05, 3.63) is 64.7 Å². The Labute approximate surface area is 136 Å². The van der Waals surface area contributed by atoms with Crippen LogP contribution in [0.15, 0.2) is 48.5 Å². The highest BCUT2D eigenvalue weighted by atomic mass is 35.5. The molecule has 1 N–H and O–H groups in total. The van der Waals surface area contributed by atoms with Gasteiger partial charge in [0.25, 0.3) is 5.91 Å². The van der Waals surface area contributed by atoms with E-state index in [1.54, 1.807) is 0 Å². The Hall–Kier alpha value is -2.00. The number of aryl methyl sites for hydroxylation is 1. The maximum absolute atomic E-state index is 12.3. The highest BCUT2D eigenvalue weighted by molar-refractivity contribution is 6.31. The molecular formula is C18H20ClNO2. The number of hydrogen-bond acceptors (Lipinski definition) is 2. The van der Waals surface area contributed by atoms with Crippen molar-refractivity contribution in [3.8, 4) is 5.75 Å². The summed E-state index contributed by atoms with van der Waals surface area (Å²) in [5, 5.41) is 3.53. The molecule has 22 heavy (non-hydrogen) atoms. The van der Waals surface area contributed by atoms with Gasteiger partial charge in [-0.05, 0) is 42.7 Å². The Bertz CT molecular complexity index is 642. The third-order valence-corrected chi connectivity index (χ3v) is 3.71. The Kier molecular flexibility index (Phi) is 5.84. The van der Waals surface area contributed by atoms with Crippen LogP contribution in [0.1, 0.15) is 24.5 Å². The zero-order valence-corrected chi connectivity index (χ0v) is 13.6. The van der Waals surface area contributed by atoms with Crippen molar-refractivity contribution < 1.29 is 9.53 Å². The molecular weight excluding hydrogens is 298 g/mol. The molecule has 2 rings (SSSR count). The molecule has 0 radical (unpaired) electrons. The number of halogens is 1. The molecule has 0 aliphatic heterocycles. The van der Waals surface area contributed by atoms with Crippen molar-refractivity contribution in [2.45, 2.75) is 32.9 Å². The molecule has 0 aliphatic rings. The van der Waals surface area contributed by atoms with Crippen molar-refractivity contribution in [2.24, 2.45) is 0 Å². The van der Waals surface area contributed by atoms with Crippen LogP contribution < -0.4 is 10.1 Å². The Morgan fingerprint density at radius 2 is 2.00 bits per heavy atom. The van der Waals surface area contributed by atoms with Gasteiger partial charge in [0, 0.05) is 11.6 Å². The number of amides is 1. The molecule has 0 spiro atoms. The van der Waals surface area contributed by atoms with Gasteiger partial charge in [0.05, 0.1) is 0 Å². The van der Waals surface area contributed by atoms with Gasteiger partial charge in [-0.3, -0.25) is 4.79 Å². The van der Waals surface area contributed by atoms with Gasteiger partial charge in [0.1, 0.15) is 5.75 Å². The summed E-state index contributed by atoms with van der Waals surface area (Å²) in [6.45, 7) is 4.31. The van der Waals surface area contributed by atoms with Crippen LogP contribution in [0.5, 0.6) is 5.75 Å². The van der Waals surface area contributed by atoms with Gasteiger partial charge in [-0.15, -0.1) is 0 Å². The number of carbonyl (C=O) groups is 1. The molecule has 0 aromatic heterocycles. The summed E-state index contributed by atoms with van der Waals surface area (Å²) in [7, 11) is 0. The van der Waals surface area contributed by atoms with E-state index in [4.69, 9.17) is 16.3 Å². The van der Waals surface area contributed by atoms with Gasteiger partial charge in [-0.2, -0.15) is 0 Å². The molecule has 2 aromatic carbocycles. The number of ether oxygens (including phenoxy) is 1. The van der Waals surface area contributed by atoms with E-state index in [0.29, 0.717) is 23.7 Å². The zero-order valence-electron chi connectivity index (χ0n) is 12.8. The lowest BCUT2D eigenvalue weighted by Gasteiger charge is -2.18. The minimum atomic E-state index is -0.510. The lowest BCUT2D eigenvalue weighted by molar-refractivity contribution is -0.128. The quantitative estimate of drug-likeness (QED) is 0.870. The van der Waals surface area contributed by atoms with Crippen molar-refractivity contribution in [2.75, 3.05) is 0 Å². The summed E-state index contributed by atoms with van der Waals surface area (Å²) in [6.07, 6.45) is 0.0896. The fourth-order valence-electron chi connectivity index (χ4n) is 2.11. The largest absolute Gasteiger partial charge is 0.481 e. The number of carbonyl (C=O) groups excluding carboxylic acids is 1. The third kappa shape index (κ3) is 4.50. The standard InChI is InChI=1S/C18H20ClNO2/c1-3-17(22-15-9-6-7-13(2)11-15)18(21)20-12-14-8-4-5-10-16(14)19/h4-11,17H,3,12H2,1-2H3,(H,20,21). The normalized spacial score (nSPS) is 11.8. The minimum Gasteiger partial charge on any atom is -0.481 e. The maximum atomic E-state index is 12.3. The number of benzene rings is 2. The molecule has 4 heteroatoms. The average molecular weight is 318 g/mol. The second-order valence-electron chi connectivity index (χ2n) is 5.14. The van der Waals surface area contributed by atoms with E-state index in [1.807, 2.05) is 62.4 Å². The average Bonchev–Trinajstić information content (AvgIpc) is 2.51. The van der Waals surface area contributed by atoms with E-state index >= 15 is 0 Å². The predicted octanol–water partition coefficient (Wildman–Crippen LogP) is 4.12. The van der Waals surface area contributed by atoms with E-state index in [2.05, 4.69) is 5.32 Å². The van der Waals surface area contributed by atoms with Gasteiger partial charge >= 0.3 is 0 Å². The first-order valence-corrected chi connectivity index (χ1v) is 7.72. The second kappa shape index (κ2) is 7.85. The lowest BCUT2D eigenvalue weighted by atomic mass is 10.2. The molecule has 0 fully saturated rings. The summed E-state index contributed by atoms with van der Waals surface area (Å²) in [4.78, 5) is 12.3. The summed E-state index contributed by atoms with van der Waals surface area (Å²) in [5.41, 5.74) is 1.99. The number of nitrogens with one attached hydrogen (secondary N) is 1. The first-order chi connectivity index (χ1) is 10.6. The Balaban J connectivity index is 1.96. The van der Waals surface area contributed by atoms with Gasteiger partial charge in [-0.1, -0.05) is 48.9 Å². The molecule has 3 nitrogen and oxygen atoms in total. The van der Waals surface area contributed by atoms with Crippen molar-refractivity contribution >= 4 is 17.5 Å². The van der Waals surface area contributed by atoms with Crippen LogP contribution >= 0.6 is 11.6 Å². The first kappa shape index (κ1) is 16.4. The van der Waals surface area contributed by atoms with Crippen molar-refractivity contribution in [1.82, 2.24) is 5.32 Å². The second-order valence-corrected chi connectivity index (χ2v) is 5.55. The molecule has 1 atom stereocenters. The molecule has 1 amide bonds. The molecule has 116 valence electrons. The van der Waals surface area contributed by atoms with Crippen LogP contribution in [0.3, 0.4) is 0 Å². The van der Waals surface area contributed by atoms with E-state index < -0.39 is 6.10 Å². The van der Waals surface area contributed by atoms with Crippen LogP contribution in [0.2, 0.25) is 5.02 Å². The summed E-state index contributed by atoms with van der Waals surface area (Å²) >= 11 is 6.09. The topological polar surface area (TPSA) is 38.3 Å². The van der Waals surface area contributed by atoms with Gasteiger partial charge < -0.3 is 10.1 Å². The van der Waals surface area contributed by atoms with E-state index in [9.17, 15) is 4.79 Å². The van der Waals surface area contributed by atoms with Crippen LogP contribution in [0.25, 0.3) is 0 Å². The monoisotopic (exact) mass is 317 g/mol. The van der Waals surface area contributed by atoms with Crippen molar-refractivity contribution in [3.63, 3.8) is 0 Å². The summed E-state index contributed by atoms with van der Waals surface area (Å²) in [5.74, 6) is 0.573. The molecule has 0 bridgehead atoms. The van der Waals surface area contributed by atoms with E-state index in [-0.39, 0.29) is 5.91 Å². The van der Waals surface area contributed by atoms with Crippen LogP contribution in [-0.4, -0.2) is 12.0 Å². The number of rotatable bonds is 6. The molecule has 0 saturated heterocycles. The smallest absolute Gasteiger partial charge is 0.261 e. The molecule has 1 unspecified atom stereocenters. The fourth-order valence-corrected chi connectivity index (χ4v) is 2.32. The van der Waals surface area contributed by atoms with E-state index in [1.165, 1.54) is 0 Å². The van der Waals surface area contributed by atoms with Crippen LogP contribution in [0, 0.1) is 6.92 Å². The first-order valence-electron chi connectivity index (χ1n) is 7.34. The molecule has 0 saturated carbocycles. The predicted molar refractivity (Wildman–Crippen MR) is 89.2 cm³/mol. The minimum absolute atomic E-state index is 0.135. The Morgan fingerprint density at radius 1 is 1.23 bits per heavy atom. The van der Waals surface area contributed by atoms with Crippen molar-refractivity contribution in [1.29, 1.82) is 0 Å². The Morgan fingerprint density at radius 3 is 2.68 bits per heavy atom. The highest BCUT2D eigenvalue weighted by Crippen LogP contribution is 2.17. The zero-order chi connectivity index (χ0) is 15.9. The lowest BCUT2D eigenvalue weighted by Crippen LogP contribution is -2.37. The summed E-state index contributed by atoms with van der Waals surface area (Å²) < 4.78 is 5.78. The summed E-state index contributed by atoms with van der Waals surface area (Å²) in [6, 6.07) is 15.1.